The van der Waals surface area contributed by atoms with Gasteiger partial charge < -0.3 is 5.32 Å². The zero-order valence-corrected chi connectivity index (χ0v) is 14.9. The van der Waals surface area contributed by atoms with Gasteiger partial charge in [0.15, 0.2) is 0 Å². The molecule has 0 bridgehead atoms. The lowest BCUT2D eigenvalue weighted by molar-refractivity contribution is 0.0952. The highest BCUT2D eigenvalue weighted by molar-refractivity contribution is 6.30. The Bertz CT molecular complexity index is 1120. The predicted molar refractivity (Wildman–Crippen MR) is 104 cm³/mol. The van der Waals surface area contributed by atoms with E-state index in [1.807, 2.05) is 24.3 Å². The molecular formula is C21H15ClFN3O. The van der Waals surface area contributed by atoms with Crippen molar-refractivity contribution in [2.75, 3.05) is 0 Å². The van der Waals surface area contributed by atoms with Crippen LogP contribution < -0.4 is 5.32 Å². The fourth-order valence-electron chi connectivity index (χ4n) is 2.96. The fraction of sp³-hybridized carbons (Fsp3) is 0.0476. The summed E-state index contributed by atoms with van der Waals surface area (Å²) >= 11 is 5.98. The van der Waals surface area contributed by atoms with Crippen molar-refractivity contribution in [3.05, 3.63) is 94.9 Å². The van der Waals surface area contributed by atoms with Crippen molar-refractivity contribution in [3.63, 3.8) is 0 Å². The minimum Gasteiger partial charge on any atom is -0.348 e. The highest BCUT2D eigenvalue weighted by atomic mass is 35.5. The Morgan fingerprint density at radius 1 is 1.07 bits per heavy atom. The molecule has 27 heavy (non-hydrogen) atoms. The summed E-state index contributed by atoms with van der Waals surface area (Å²) in [6, 6.07) is 18.8. The Hall–Kier alpha value is -3.18. The Morgan fingerprint density at radius 3 is 2.63 bits per heavy atom. The number of carbonyl (C=O) groups excluding carboxylic acids is 1. The van der Waals surface area contributed by atoms with Gasteiger partial charge in [0.25, 0.3) is 5.91 Å². The second kappa shape index (κ2) is 7.21. The molecule has 1 amide bonds. The molecule has 1 N–H and O–H groups in total. The van der Waals surface area contributed by atoms with Crippen molar-refractivity contribution < 1.29 is 9.18 Å². The number of nitrogens with zero attached hydrogens (tertiary/aromatic N) is 2. The molecule has 0 radical (unpaired) electrons. The van der Waals surface area contributed by atoms with Gasteiger partial charge in [-0.15, -0.1) is 0 Å². The predicted octanol–water partition coefficient (Wildman–Crippen LogP) is 4.75. The number of halogens is 2. The molecular weight excluding hydrogens is 365 g/mol. The molecule has 1 heterocycles. The lowest BCUT2D eigenvalue weighted by Gasteiger charge is -2.08. The van der Waals surface area contributed by atoms with Gasteiger partial charge in [0.2, 0.25) is 0 Å². The molecule has 0 fully saturated rings. The van der Waals surface area contributed by atoms with E-state index < -0.39 is 0 Å². The van der Waals surface area contributed by atoms with E-state index in [0.717, 1.165) is 22.2 Å². The molecule has 0 unspecified atom stereocenters. The van der Waals surface area contributed by atoms with Crippen molar-refractivity contribution in [3.8, 4) is 5.69 Å². The van der Waals surface area contributed by atoms with E-state index in [2.05, 4.69) is 10.4 Å². The molecule has 0 saturated heterocycles. The Morgan fingerprint density at radius 2 is 1.85 bits per heavy atom. The van der Waals surface area contributed by atoms with Crippen LogP contribution in [0.25, 0.3) is 16.6 Å². The molecule has 134 valence electrons. The van der Waals surface area contributed by atoms with Crippen molar-refractivity contribution >= 4 is 28.4 Å². The van der Waals surface area contributed by atoms with Gasteiger partial charge in [-0.25, -0.2) is 9.07 Å². The van der Waals surface area contributed by atoms with E-state index in [4.69, 9.17) is 11.6 Å². The van der Waals surface area contributed by atoms with Gasteiger partial charge in [-0.3, -0.25) is 4.79 Å². The number of benzene rings is 3. The summed E-state index contributed by atoms with van der Waals surface area (Å²) in [4.78, 5) is 12.7. The van der Waals surface area contributed by atoms with Crippen LogP contribution >= 0.6 is 11.6 Å². The average molecular weight is 380 g/mol. The lowest BCUT2D eigenvalue weighted by Crippen LogP contribution is -2.22. The number of hydrogen-bond donors (Lipinski definition) is 1. The molecule has 0 saturated carbocycles. The first-order valence-electron chi connectivity index (χ1n) is 8.37. The minimum atomic E-state index is -0.309. The summed E-state index contributed by atoms with van der Waals surface area (Å²) in [6.45, 7) is 0.377. The van der Waals surface area contributed by atoms with Crippen LogP contribution in [0.15, 0.2) is 72.9 Å². The van der Waals surface area contributed by atoms with E-state index in [9.17, 15) is 9.18 Å². The lowest BCUT2D eigenvalue weighted by atomic mass is 10.1. The Labute approximate surface area is 160 Å². The van der Waals surface area contributed by atoms with Crippen molar-refractivity contribution in [1.29, 1.82) is 0 Å². The third-order valence-corrected chi connectivity index (χ3v) is 4.51. The summed E-state index contributed by atoms with van der Waals surface area (Å²) in [7, 11) is 0. The van der Waals surface area contributed by atoms with Crippen LogP contribution in [0.2, 0.25) is 5.02 Å². The number of carbonyl (C=O) groups is 1. The highest BCUT2D eigenvalue weighted by Gasteiger charge is 2.14. The zero-order valence-electron chi connectivity index (χ0n) is 14.2. The zero-order chi connectivity index (χ0) is 18.8. The quantitative estimate of drug-likeness (QED) is 0.556. The van der Waals surface area contributed by atoms with Crippen LogP contribution in [-0.4, -0.2) is 15.7 Å². The third-order valence-electron chi connectivity index (χ3n) is 4.27. The van der Waals surface area contributed by atoms with E-state index in [1.165, 1.54) is 12.1 Å². The number of aromatic nitrogens is 2. The molecule has 0 aliphatic carbocycles. The SMILES string of the molecule is O=C(NCc1cccc(Cl)c1)c1cccc2c1cnn2-c1ccc(F)cc1. The van der Waals surface area contributed by atoms with E-state index in [1.54, 1.807) is 41.2 Å². The van der Waals surface area contributed by atoms with E-state index in [0.29, 0.717) is 17.1 Å². The molecule has 4 rings (SSSR count). The van der Waals surface area contributed by atoms with Crippen LogP contribution in [-0.2, 0) is 6.54 Å². The van der Waals surface area contributed by atoms with Crippen LogP contribution in [0.3, 0.4) is 0 Å². The fourth-order valence-corrected chi connectivity index (χ4v) is 3.17. The first-order chi connectivity index (χ1) is 13.1. The number of fused-ring (bicyclic) bond motifs is 1. The second-order valence-corrected chi connectivity index (χ2v) is 6.52. The summed E-state index contributed by atoms with van der Waals surface area (Å²) < 4.78 is 14.9. The minimum absolute atomic E-state index is 0.195. The molecule has 4 aromatic rings. The summed E-state index contributed by atoms with van der Waals surface area (Å²) in [5.41, 5.74) is 2.95. The van der Waals surface area contributed by atoms with Crippen LogP contribution in [0.5, 0.6) is 0 Å². The normalized spacial score (nSPS) is 10.9. The molecule has 6 heteroatoms. The van der Waals surface area contributed by atoms with Crippen LogP contribution in [0.4, 0.5) is 4.39 Å². The molecule has 0 aliphatic rings. The number of rotatable bonds is 4. The average Bonchev–Trinajstić information content (AvgIpc) is 3.11. The van der Waals surface area contributed by atoms with Crippen molar-refractivity contribution in [2.24, 2.45) is 0 Å². The van der Waals surface area contributed by atoms with Gasteiger partial charge in [-0.2, -0.15) is 5.10 Å². The maximum Gasteiger partial charge on any atom is 0.252 e. The number of nitrogens with one attached hydrogen (secondary N) is 1. The third kappa shape index (κ3) is 3.55. The van der Waals surface area contributed by atoms with Gasteiger partial charge in [-0.05, 0) is 54.1 Å². The number of hydrogen-bond acceptors (Lipinski definition) is 2. The van der Waals surface area contributed by atoms with Crippen molar-refractivity contribution in [1.82, 2.24) is 15.1 Å². The van der Waals surface area contributed by atoms with Gasteiger partial charge >= 0.3 is 0 Å². The standard InChI is InChI=1S/C21H15ClFN3O/c22-15-4-1-3-14(11-15)12-24-21(27)18-5-2-6-20-19(18)13-25-26(20)17-9-7-16(23)8-10-17/h1-11,13H,12H2,(H,24,27). The van der Waals surface area contributed by atoms with Gasteiger partial charge in [0.1, 0.15) is 5.82 Å². The van der Waals surface area contributed by atoms with Gasteiger partial charge in [0, 0.05) is 17.0 Å². The first-order valence-corrected chi connectivity index (χ1v) is 8.75. The number of amides is 1. The molecule has 3 aromatic carbocycles. The van der Waals surface area contributed by atoms with Crippen LogP contribution in [0.1, 0.15) is 15.9 Å². The summed E-state index contributed by atoms with van der Waals surface area (Å²) in [5, 5.41) is 8.63. The smallest absolute Gasteiger partial charge is 0.252 e. The largest absolute Gasteiger partial charge is 0.348 e. The highest BCUT2D eigenvalue weighted by Crippen LogP contribution is 2.22. The topological polar surface area (TPSA) is 46.9 Å². The second-order valence-electron chi connectivity index (χ2n) is 6.08. The maximum atomic E-state index is 13.2. The maximum absolute atomic E-state index is 13.2. The molecule has 0 spiro atoms. The van der Waals surface area contributed by atoms with Gasteiger partial charge in [0.05, 0.1) is 23.0 Å². The monoisotopic (exact) mass is 379 g/mol. The van der Waals surface area contributed by atoms with Crippen molar-refractivity contribution in [2.45, 2.75) is 6.54 Å². The summed E-state index contributed by atoms with van der Waals surface area (Å²) in [6.07, 6.45) is 1.65. The summed E-state index contributed by atoms with van der Waals surface area (Å²) in [5.74, 6) is -0.504. The van der Waals surface area contributed by atoms with E-state index in [-0.39, 0.29) is 11.7 Å². The van der Waals surface area contributed by atoms with Crippen LogP contribution in [0, 0.1) is 5.82 Å². The Kier molecular flexibility index (Phi) is 4.60. The Balaban J connectivity index is 1.62. The molecule has 4 nitrogen and oxygen atoms in total. The molecule has 1 aromatic heterocycles. The molecule has 0 aliphatic heterocycles. The van der Waals surface area contributed by atoms with Gasteiger partial charge in [-0.1, -0.05) is 29.8 Å². The first kappa shape index (κ1) is 17.2. The molecule has 0 atom stereocenters. The van der Waals surface area contributed by atoms with E-state index >= 15 is 0 Å².